The first kappa shape index (κ1) is 15.4. The van der Waals surface area contributed by atoms with E-state index in [-0.39, 0.29) is 11.9 Å². The van der Waals surface area contributed by atoms with Gasteiger partial charge in [0.15, 0.2) is 0 Å². The highest BCUT2D eigenvalue weighted by Crippen LogP contribution is 2.24. The monoisotopic (exact) mass is 303 g/mol. The second-order valence-electron chi connectivity index (χ2n) is 5.09. The molecule has 2 rings (SSSR count). The maximum Gasteiger partial charge on any atom is 0.137 e. The highest BCUT2D eigenvalue weighted by atomic mass is 32.1. The highest BCUT2D eigenvalue weighted by molar-refractivity contribution is 7.80. The normalized spacial score (nSPS) is 12.0. The number of aryl methyl sites for hydroxylation is 2. The average molecular weight is 303 g/mol. The number of rotatable bonds is 4. The summed E-state index contributed by atoms with van der Waals surface area (Å²) in [6.45, 7) is 5.80. The Morgan fingerprint density at radius 1 is 1.33 bits per heavy atom. The Morgan fingerprint density at radius 2 is 2.05 bits per heavy atom. The first-order valence-corrected chi connectivity index (χ1v) is 7.09. The van der Waals surface area contributed by atoms with Crippen LogP contribution in [0, 0.1) is 19.7 Å². The topological polar surface area (TPSA) is 50.9 Å². The molecule has 0 aliphatic carbocycles. The van der Waals surface area contributed by atoms with Crippen molar-refractivity contribution < 1.29 is 4.39 Å². The molecule has 0 amide bonds. The molecule has 1 unspecified atom stereocenters. The van der Waals surface area contributed by atoms with E-state index in [9.17, 15) is 4.39 Å². The lowest BCUT2D eigenvalue weighted by Crippen LogP contribution is -2.18. The predicted octanol–water partition coefficient (Wildman–Crippen LogP) is 3.64. The van der Waals surface area contributed by atoms with Gasteiger partial charge < -0.3 is 11.1 Å². The summed E-state index contributed by atoms with van der Waals surface area (Å²) >= 11 is 5.11. The number of hydrogen-bond donors (Lipinski definition) is 2. The summed E-state index contributed by atoms with van der Waals surface area (Å²) in [5.41, 5.74) is 9.22. The summed E-state index contributed by atoms with van der Waals surface area (Å²) in [6, 6.07) is 8.30. The zero-order valence-electron chi connectivity index (χ0n) is 12.3. The van der Waals surface area contributed by atoms with Crippen molar-refractivity contribution in [2.75, 3.05) is 5.32 Å². The van der Waals surface area contributed by atoms with Gasteiger partial charge in [-0.15, -0.1) is 0 Å². The van der Waals surface area contributed by atoms with Crippen LogP contribution >= 0.6 is 12.2 Å². The van der Waals surface area contributed by atoms with Crippen molar-refractivity contribution in [3.8, 4) is 0 Å². The van der Waals surface area contributed by atoms with Crippen LogP contribution in [-0.2, 0) is 0 Å². The number of halogens is 1. The number of nitrogens with two attached hydrogens (primary N) is 1. The fourth-order valence-electron chi connectivity index (χ4n) is 2.32. The van der Waals surface area contributed by atoms with Crippen LogP contribution in [0.5, 0.6) is 0 Å². The van der Waals surface area contributed by atoms with Gasteiger partial charge in [0, 0.05) is 5.69 Å². The maximum atomic E-state index is 13.3. The molecule has 21 heavy (non-hydrogen) atoms. The number of hydrogen-bond acceptors (Lipinski definition) is 3. The zero-order valence-corrected chi connectivity index (χ0v) is 13.1. The minimum atomic E-state index is -0.260. The maximum absolute atomic E-state index is 13.3. The van der Waals surface area contributed by atoms with E-state index in [1.807, 2.05) is 32.9 Å². The van der Waals surface area contributed by atoms with Gasteiger partial charge in [-0.05, 0) is 50.1 Å². The fraction of sp³-hybridized carbons (Fsp3) is 0.250. The molecule has 0 fully saturated rings. The van der Waals surface area contributed by atoms with Crippen LogP contribution in [0.15, 0.2) is 30.3 Å². The third-order valence-corrected chi connectivity index (χ3v) is 3.50. The molecule has 1 heterocycles. The molecule has 1 atom stereocenters. The molecule has 0 saturated heterocycles. The molecule has 0 radical (unpaired) electrons. The van der Waals surface area contributed by atoms with Gasteiger partial charge >= 0.3 is 0 Å². The predicted molar refractivity (Wildman–Crippen MR) is 88.0 cm³/mol. The van der Waals surface area contributed by atoms with Crippen LogP contribution in [0.25, 0.3) is 0 Å². The van der Waals surface area contributed by atoms with E-state index < -0.39 is 0 Å². The summed E-state index contributed by atoms with van der Waals surface area (Å²) in [4.78, 5) is 4.77. The Labute approximate surface area is 129 Å². The van der Waals surface area contributed by atoms with E-state index in [2.05, 4.69) is 10.3 Å². The Bertz CT molecular complexity index is 685. The molecule has 5 heteroatoms. The van der Waals surface area contributed by atoms with Crippen LogP contribution in [0.3, 0.4) is 0 Å². The molecular formula is C16H18FN3S. The third kappa shape index (κ3) is 3.55. The minimum absolute atomic E-state index is 0.109. The Morgan fingerprint density at radius 3 is 2.67 bits per heavy atom. The van der Waals surface area contributed by atoms with Crippen molar-refractivity contribution in [1.29, 1.82) is 0 Å². The number of thiocarbonyl (C=S) groups is 1. The second kappa shape index (κ2) is 6.18. The average Bonchev–Trinajstić information content (AvgIpc) is 2.37. The van der Waals surface area contributed by atoms with Gasteiger partial charge in [0.1, 0.15) is 16.6 Å². The van der Waals surface area contributed by atoms with Gasteiger partial charge in [0.25, 0.3) is 0 Å². The minimum Gasteiger partial charge on any atom is -0.389 e. The summed E-state index contributed by atoms with van der Waals surface area (Å²) in [6.07, 6.45) is 0. The quantitative estimate of drug-likeness (QED) is 0.847. The third-order valence-electron chi connectivity index (χ3n) is 3.29. The number of nitrogens with zero attached hydrogens (tertiary/aromatic N) is 1. The van der Waals surface area contributed by atoms with Crippen molar-refractivity contribution in [2.45, 2.75) is 26.8 Å². The SMILES string of the molecule is Cc1cc(C)c(C(N)=S)c(NC(C)c2cccc(F)c2)n1. The van der Waals surface area contributed by atoms with Gasteiger partial charge in [-0.1, -0.05) is 24.4 Å². The molecule has 0 aliphatic heterocycles. The van der Waals surface area contributed by atoms with Gasteiger partial charge in [-0.25, -0.2) is 9.37 Å². The van der Waals surface area contributed by atoms with Crippen LogP contribution < -0.4 is 11.1 Å². The van der Waals surface area contributed by atoms with Crippen LogP contribution in [0.4, 0.5) is 10.2 Å². The second-order valence-corrected chi connectivity index (χ2v) is 5.53. The van der Waals surface area contributed by atoms with E-state index in [0.29, 0.717) is 10.8 Å². The lowest BCUT2D eigenvalue weighted by Gasteiger charge is -2.19. The first-order chi connectivity index (χ1) is 9.88. The summed E-state index contributed by atoms with van der Waals surface area (Å²) < 4.78 is 13.3. The molecule has 0 bridgehead atoms. The van der Waals surface area contributed by atoms with Gasteiger partial charge in [0.05, 0.1) is 11.6 Å². The molecule has 1 aromatic heterocycles. The van der Waals surface area contributed by atoms with E-state index in [1.165, 1.54) is 12.1 Å². The van der Waals surface area contributed by atoms with Crippen LogP contribution in [0.1, 0.15) is 35.3 Å². The van der Waals surface area contributed by atoms with Crippen LogP contribution in [0.2, 0.25) is 0 Å². The number of anilines is 1. The molecule has 0 saturated carbocycles. The van der Waals surface area contributed by atoms with Crippen molar-refractivity contribution in [2.24, 2.45) is 5.73 Å². The molecule has 0 spiro atoms. The van der Waals surface area contributed by atoms with Gasteiger partial charge in [-0.3, -0.25) is 0 Å². The van der Waals surface area contributed by atoms with E-state index >= 15 is 0 Å². The molecule has 3 nitrogen and oxygen atoms in total. The number of aromatic nitrogens is 1. The molecule has 1 aromatic carbocycles. The number of pyridine rings is 1. The van der Waals surface area contributed by atoms with Gasteiger partial charge in [-0.2, -0.15) is 0 Å². The van der Waals surface area contributed by atoms with E-state index in [4.69, 9.17) is 18.0 Å². The Kier molecular flexibility index (Phi) is 4.53. The number of benzene rings is 1. The highest BCUT2D eigenvalue weighted by Gasteiger charge is 2.14. The lowest BCUT2D eigenvalue weighted by molar-refractivity contribution is 0.623. The van der Waals surface area contributed by atoms with E-state index in [1.54, 1.807) is 6.07 Å². The fourth-order valence-corrected chi connectivity index (χ4v) is 2.57. The van der Waals surface area contributed by atoms with Gasteiger partial charge in [0.2, 0.25) is 0 Å². The molecule has 3 N–H and O–H groups in total. The van der Waals surface area contributed by atoms with Crippen molar-refractivity contribution in [3.05, 3.63) is 58.5 Å². The Hall–Kier alpha value is -2.01. The zero-order chi connectivity index (χ0) is 15.6. The summed E-state index contributed by atoms with van der Waals surface area (Å²) in [7, 11) is 0. The molecule has 2 aromatic rings. The molecule has 0 aliphatic rings. The number of nitrogens with one attached hydrogen (secondary N) is 1. The molecular weight excluding hydrogens is 285 g/mol. The lowest BCUT2D eigenvalue weighted by atomic mass is 10.1. The standard InChI is InChI=1S/C16H18FN3S/c1-9-7-10(2)19-16(14(9)15(18)21)20-11(3)12-5-4-6-13(17)8-12/h4-8,11H,1-3H3,(H2,18,21)(H,19,20). The van der Waals surface area contributed by atoms with Crippen LogP contribution in [-0.4, -0.2) is 9.97 Å². The van der Waals surface area contributed by atoms with E-state index in [0.717, 1.165) is 22.4 Å². The first-order valence-electron chi connectivity index (χ1n) is 6.68. The summed E-state index contributed by atoms with van der Waals surface area (Å²) in [5, 5.41) is 3.27. The Balaban J connectivity index is 2.37. The van der Waals surface area contributed by atoms with Crippen molar-refractivity contribution >= 4 is 23.0 Å². The summed E-state index contributed by atoms with van der Waals surface area (Å²) in [5.74, 6) is 0.376. The van der Waals surface area contributed by atoms with Crippen molar-refractivity contribution in [3.63, 3.8) is 0 Å². The smallest absolute Gasteiger partial charge is 0.137 e. The molecule has 110 valence electrons. The van der Waals surface area contributed by atoms with Crippen molar-refractivity contribution in [1.82, 2.24) is 4.98 Å². The largest absolute Gasteiger partial charge is 0.389 e.